The van der Waals surface area contributed by atoms with Gasteiger partial charge in [-0.1, -0.05) is 11.6 Å². The van der Waals surface area contributed by atoms with Crippen LogP contribution in [0.5, 0.6) is 17.2 Å². The number of likely N-dealkylation sites (tertiary alicyclic amines) is 1. The van der Waals surface area contributed by atoms with Gasteiger partial charge in [0, 0.05) is 36.0 Å². The number of hydrogen-bond acceptors (Lipinski definition) is 9. The molecule has 4 rings (SSSR count). The van der Waals surface area contributed by atoms with Gasteiger partial charge in [0.05, 0.1) is 37.8 Å². The maximum absolute atomic E-state index is 15.6. The van der Waals surface area contributed by atoms with Gasteiger partial charge in [0.25, 0.3) is 10.0 Å². The number of aromatic nitrogens is 1. The van der Waals surface area contributed by atoms with Crippen LogP contribution in [-0.4, -0.2) is 62.9 Å². The predicted octanol–water partition coefficient (Wildman–Crippen LogP) is 6.13. The van der Waals surface area contributed by atoms with Crippen LogP contribution in [0, 0.1) is 5.82 Å². The summed E-state index contributed by atoms with van der Waals surface area (Å²) in [4.78, 5) is 17.5. The van der Waals surface area contributed by atoms with Gasteiger partial charge in [-0.15, -0.1) is 11.3 Å². The number of ether oxygens (including phenoxy) is 4. The Morgan fingerprint density at radius 3 is 2.55 bits per heavy atom. The Morgan fingerprint density at radius 2 is 1.93 bits per heavy atom. The molecular formula is C28H33ClFN3O7S2. The molecule has 228 valence electrons. The van der Waals surface area contributed by atoms with Crippen LogP contribution in [0.15, 0.2) is 46.1 Å². The van der Waals surface area contributed by atoms with Crippen molar-refractivity contribution in [1.29, 1.82) is 0 Å². The van der Waals surface area contributed by atoms with E-state index in [1.807, 2.05) is 0 Å². The molecule has 1 fully saturated rings. The fourth-order valence-electron chi connectivity index (χ4n) is 4.42. The van der Waals surface area contributed by atoms with Gasteiger partial charge in [0.1, 0.15) is 39.2 Å². The lowest BCUT2D eigenvalue weighted by molar-refractivity contribution is 0.0228. The summed E-state index contributed by atoms with van der Waals surface area (Å²) < 4.78 is 66.6. The number of methoxy groups -OCH3 is 2. The molecule has 14 heteroatoms. The highest BCUT2D eigenvalue weighted by Crippen LogP contribution is 2.38. The minimum Gasteiger partial charge on any atom is -0.497 e. The standard InChI is InChI=1S/C28H33ClFN3O7S2/c1-27(2,3)40-26(34)32-10-9-28(4,16-32)39-23-13-21(30)24(12-20(23)29)42(35,36)33(25-15-41-17-31-25)14-18-7-8-19(37-5)11-22(18)38-6/h7-8,11-13,15,17H,9-10,14,16H2,1-6H3. The molecule has 0 saturated carbocycles. The summed E-state index contributed by atoms with van der Waals surface area (Å²) in [7, 11) is -1.55. The molecule has 1 atom stereocenters. The Labute approximate surface area is 254 Å². The van der Waals surface area contributed by atoms with Crippen molar-refractivity contribution in [2.24, 2.45) is 0 Å². The number of thiazole rings is 1. The van der Waals surface area contributed by atoms with Gasteiger partial charge in [0.15, 0.2) is 5.82 Å². The first-order chi connectivity index (χ1) is 19.7. The van der Waals surface area contributed by atoms with Crippen LogP contribution in [0.4, 0.5) is 15.0 Å². The highest BCUT2D eigenvalue weighted by Gasteiger charge is 2.40. The molecule has 0 spiro atoms. The Hall–Kier alpha value is -3.29. The number of anilines is 1. The van der Waals surface area contributed by atoms with Crippen molar-refractivity contribution in [2.75, 3.05) is 31.6 Å². The van der Waals surface area contributed by atoms with Gasteiger partial charge >= 0.3 is 6.09 Å². The number of carbonyl (C=O) groups excluding carboxylic acids is 1. The first-order valence-electron chi connectivity index (χ1n) is 12.9. The minimum absolute atomic E-state index is 0.0429. The fourth-order valence-corrected chi connectivity index (χ4v) is 6.76. The third-order valence-corrected chi connectivity index (χ3v) is 9.12. The lowest BCUT2D eigenvalue weighted by Gasteiger charge is -2.28. The van der Waals surface area contributed by atoms with Gasteiger partial charge in [-0.2, -0.15) is 0 Å². The lowest BCUT2D eigenvalue weighted by Crippen LogP contribution is -2.40. The second-order valence-electron chi connectivity index (χ2n) is 11.0. The molecule has 42 heavy (non-hydrogen) atoms. The van der Waals surface area contributed by atoms with Crippen LogP contribution >= 0.6 is 22.9 Å². The zero-order valence-corrected chi connectivity index (χ0v) is 26.5. The van der Waals surface area contributed by atoms with Gasteiger partial charge in [-0.05, 0) is 45.9 Å². The molecule has 0 aliphatic carbocycles. The summed E-state index contributed by atoms with van der Waals surface area (Å²) in [5, 5.41) is 1.44. The lowest BCUT2D eigenvalue weighted by atomic mass is 10.1. The van der Waals surface area contributed by atoms with Crippen LogP contribution in [-0.2, 0) is 21.3 Å². The molecule has 3 aromatic rings. The second-order valence-corrected chi connectivity index (χ2v) is 13.9. The quantitative estimate of drug-likeness (QED) is 0.275. The highest BCUT2D eigenvalue weighted by atomic mass is 35.5. The van der Waals surface area contributed by atoms with Gasteiger partial charge in [-0.25, -0.2) is 26.9 Å². The largest absolute Gasteiger partial charge is 0.497 e. The van der Waals surface area contributed by atoms with Gasteiger partial charge in [-0.3, -0.25) is 0 Å². The van der Waals surface area contributed by atoms with E-state index in [1.54, 1.807) is 51.3 Å². The van der Waals surface area contributed by atoms with Crippen molar-refractivity contribution < 1.29 is 36.6 Å². The first kappa shape index (κ1) is 31.6. The summed E-state index contributed by atoms with van der Waals surface area (Å²) >= 11 is 7.67. The Bertz CT molecular complexity index is 1550. The Balaban J connectivity index is 1.62. The smallest absolute Gasteiger partial charge is 0.410 e. The van der Waals surface area contributed by atoms with Crippen molar-refractivity contribution in [1.82, 2.24) is 9.88 Å². The Kier molecular flexibility index (Phi) is 9.14. The number of rotatable bonds is 9. The average molecular weight is 642 g/mol. The first-order valence-corrected chi connectivity index (χ1v) is 15.7. The third kappa shape index (κ3) is 7.01. The SMILES string of the molecule is COc1ccc(CN(c2cscn2)S(=O)(=O)c2cc(Cl)c(OC3(C)CCN(C(=O)OC(C)(C)C)C3)cc2F)c(OC)c1. The predicted molar refractivity (Wildman–Crippen MR) is 158 cm³/mol. The van der Waals surface area contributed by atoms with E-state index in [0.29, 0.717) is 30.0 Å². The molecule has 1 amide bonds. The van der Waals surface area contributed by atoms with Gasteiger partial charge in [0.2, 0.25) is 0 Å². The normalized spacial score (nSPS) is 17.2. The zero-order chi connectivity index (χ0) is 30.9. The molecule has 1 aliphatic rings. The summed E-state index contributed by atoms with van der Waals surface area (Å²) in [6.07, 6.45) is -0.0462. The molecule has 1 aliphatic heterocycles. The number of amides is 1. The van der Waals surface area contributed by atoms with Crippen molar-refractivity contribution in [2.45, 2.75) is 56.8 Å². The fraction of sp³-hybridized carbons (Fsp3) is 0.429. The Morgan fingerprint density at radius 1 is 1.19 bits per heavy atom. The van der Waals surface area contributed by atoms with E-state index in [-0.39, 0.29) is 29.7 Å². The van der Waals surface area contributed by atoms with E-state index >= 15 is 4.39 Å². The number of halogens is 2. The van der Waals surface area contributed by atoms with Crippen molar-refractivity contribution in [3.8, 4) is 17.2 Å². The topological polar surface area (TPSA) is 108 Å². The van der Waals surface area contributed by atoms with Crippen molar-refractivity contribution in [3.63, 3.8) is 0 Å². The van der Waals surface area contributed by atoms with E-state index in [4.69, 9.17) is 30.5 Å². The monoisotopic (exact) mass is 641 g/mol. The minimum atomic E-state index is -4.51. The van der Waals surface area contributed by atoms with E-state index in [2.05, 4.69) is 4.98 Å². The molecule has 1 saturated heterocycles. The van der Waals surface area contributed by atoms with Crippen molar-refractivity contribution in [3.05, 3.63) is 57.6 Å². The molecule has 2 aromatic carbocycles. The zero-order valence-electron chi connectivity index (χ0n) is 24.1. The van der Waals surface area contributed by atoms with Crippen LogP contribution < -0.4 is 18.5 Å². The molecule has 2 heterocycles. The van der Waals surface area contributed by atoms with Crippen LogP contribution in [0.3, 0.4) is 0 Å². The van der Waals surface area contributed by atoms with E-state index in [0.717, 1.165) is 16.4 Å². The number of benzene rings is 2. The summed E-state index contributed by atoms with van der Waals surface area (Å²) in [5.41, 5.74) is 0.428. The number of hydrogen-bond donors (Lipinski definition) is 0. The molecule has 1 unspecified atom stereocenters. The second kappa shape index (κ2) is 12.1. The van der Waals surface area contributed by atoms with E-state index in [9.17, 15) is 13.2 Å². The van der Waals surface area contributed by atoms with Crippen molar-refractivity contribution >= 4 is 44.9 Å². The highest BCUT2D eigenvalue weighted by molar-refractivity contribution is 7.92. The maximum atomic E-state index is 15.6. The maximum Gasteiger partial charge on any atom is 0.410 e. The number of carbonyl (C=O) groups is 1. The van der Waals surface area contributed by atoms with Gasteiger partial charge < -0.3 is 23.8 Å². The molecule has 0 bridgehead atoms. The summed E-state index contributed by atoms with van der Waals surface area (Å²) in [5.74, 6) is -0.0791. The molecule has 10 nitrogen and oxygen atoms in total. The summed E-state index contributed by atoms with van der Waals surface area (Å²) in [6, 6.07) is 6.93. The third-order valence-electron chi connectivity index (χ3n) is 6.48. The van der Waals surface area contributed by atoms with Crippen LogP contribution in [0.1, 0.15) is 39.7 Å². The average Bonchev–Trinajstić information content (AvgIpc) is 3.58. The molecular weight excluding hydrogens is 609 g/mol. The van der Waals surface area contributed by atoms with E-state index < -0.39 is 38.0 Å². The van der Waals surface area contributed by atoms with Crippen LogP contribution in [0.2, 0.25) is 5.02 Å². The number of sulfonamides is 1. The molecule has 1 aromatic heterocycles. The van der Waals surface area contributed by atoms with Crippen LogP contribution in [0.25, 0.3) is 0 Å². The molecule has 0 radical (unpaired) electrons. The van der Waals surface area contributed by atoms with E-state index in [1.165, 1.54) is 36.0 Å². The summed E-state index contributed by atoms with van der Waals surface area (Å²) in [6.45, 7) is 7.44. The number of nitrogens with zero attached hydrogens (tertiary/aromatic N) is 3. The molecule has 0 N–H and O–H groups in total.